The molecule has 0 aliphatic carbocycles. The van der Waals surface area contributed by atoms with Crippen LogP contribution in [0.1, 0.15) is 6.42 Å². The normalized spacial score (nSPS) is 10.4. The quantitative estimate of drug-likeness (QED) is 0.826. The first-order chi connectivity index (χ1) is 8.27. The summed E-state index contributed by atoms with van der Waals surface area (Å²) in [6.45, 7) is 0. The van der Waals surface area contributed by atoms with Crippen LogP contribution in [0.4, 0.5) is 0 Å². The van der Waals surface area contributed by atoms with E-state index < -0.39 is 5.97 Å². The second-order valence-corrected chi connectivity index (χ2v) is 4.47. The molecule has 0 saturated heterocycles. The number of para-hydroxylation sites is 1. The SMILES string of the molecule is O=C(O)CCSc1nccn1-c1ccccc1. The Morgan fingerprint density at radius 3 is 2.82 bits per heavy atom. The monoisotopic (exact) mass is 248 g/mol. The number of aromatic nitrogens is 2. The molecule has 0 atom stereocenters. The number of imidazole rings is 1. The fourth-order valence-corrected chi connectivity index (χ4v) is 2.31. The van der Waals surface area contributed by atoms with E-state index in [-0.39, 0.29) is 6.42 Å². The summed E-state index contributed by atoms with van der Waals surface area (Å²) in [5.41, 5.74) is 1.03. The maximum absolute atomic E-state index is 10.4. The Kier molecular flexibility index (Phi) is 3.82. The van der Waals surface area contributed by atoms with E-state index in [2.05, 4.69) is 4.98 Å². The number of nitrogens with zero attached hydrogens (tertiary/aromatic N) is 2. The van der Waals surface area contributed by atoms with E-state index in [9.17, 15) is 4.79 Å². The first kappa shape index (κ1) is 11.7. The van der Waals surface area contributed by atoms with Crippen molar-refractivity contribution >= 4 is 17.7 Å². The Labute approximate surface area is 103 Å². The summed E-state index contributed by atoms with van der Waals surface area (Å²) in [6, 6.07) is 9.85. The van der Waals surface area contributed by atoms with Gasteiger partial charge in [0.1, 0.15) is 0 Å². The van der Waals surface area contributed by atoms with Crippen LogP contribution in [-0.4, -0.2) is 26.4 Å². The highest BCUT2D eigenvalue weighted by Gasteiger charge is 2.06. The summed E-state index contributed by atoms with van der Waals surface area (Å²) in [6.07, 6.45) is 3.74. The van der Waals surface area contributed by atoms with Crippen LogP contribution in [0.15, 0.2) is 47.9 Å². The minimum Gasteiger partial charge on any atom is -0.481 e. The standard InChI is InChI=1S/C12H12N2O2S/c15-11(16)6-9-17-12-13-7-8-14(12)10-4-2-1-3-5-10/h1-5,7-8H,6,9H2,(H,15,16). The molecule has 0 fully saturated rings. The van der Waals surface area contributed by atoms with Crippen LogP contribution < -0.4 is 0 Å². The number of thioether (sulfide) groups is 1. The highest BCUT2D eigenvalue weighted by atomic mass is 32.2. The van der Waals surface area contributed by atoms with Crippen molar-refractivity contribution in [2.75, 3.05) is 5.75 Å². The fourth-order valence-electron chi connectivity index (χ4n) is 1.41. The molecule has 4 nitrogen and oxygen atoms in total. The van der Waals surface area contributed by atoms with Crippen LogP contribution in [0, 0.1) is 0 Å². The molecule has 2 aromatic rings. The molecule has 0 saturated carbocycles. The number of carboxylic acids is 1. The largest absolute Gasteiger partial charge is 0.481 e. The number of hydrogen-bond acceptors (Lipinski definition) is 3. The zero-order chi connectivity index (χ0) is 12.1. The first-order valence-corrected chi connectivity index (χ1v) is 6.19. The second-order valence-electron chi connectivity index (χ2n) is 3.41. The zero-order valence-electron chi connectivity index (χ0n) is 9.11. The van der Waals surface area contributed by atoms with Gasteiger partial charge >= 0.3 is 5.97 Å². The lowest BCUT2D eigenvalue weighted by Gasteiger charge is -2.06. The number of carbonyl (C=O) groups is 1. The molecule has 5 heteroatoms. The molecular weight excluding hydrogens is 236 g/mol. The first-order valence-electron chi connectivity index (χ1n) is 5.21. The van der Waals surface area contributed by atoms with Crippen LogP contribution >= 0.6 is 11.8 Å². The van der Waals surface area contributed by atoms with Gasteiger partial charge in [0.05, 0.1) is 6.42 Å². The van der Waals surface area contributed by atoms with Crippen LogP contribution in [0.25, 0.3) is 5.69 Å². The van der Waals surface area contributed by atoms with E-state index in [0.29, 0.717) is 5.75 Å². The van der Waals surface area contributed by atoms with Gasteiger partial charge in [0.15, 0.2) is 5.16 Å². The van der Waals surface area contributed by atoms with E-state index >= 15 is 0 Å². The summed E-state index contributed by atoms with van der Waals surface area (Å²) >= 11 is 1.45. The summed E-state index contributed by atoms with van der Waals surface area (Å²) in [5, 5.41) is 9.40. The van der Waals surface area contributed by atoms with Gasteiger partial charge in [0.25, 0.3) is 0 Å². The van der Waals surface area contributed by atoms with Gasteiger partial charge in [-0.05, 0) is 12.1 Å². The molecule has 1 aromatic carbocycles. The molecular formula is C12H12N2O2S. The predicted octanol–water partition coefficient (Wildman–Crippen LogP) is 2.44. The Morgan fingerprint density at radius 1 is 1.35 bits per heavy atom. The molecule has 0 spiro atoms. The maximum atomic E-state index is 10.4. The van der Waals surface area contributed by atoms with Crippen molar-refractivity contribution < 1.29 is 9.90 Å². The number of rotatable bonds is 5. The fraction of sp³-hybridized carbons (Fsp3) is 0.167. The van der Waals surface area contributed by atoms with Crippen LogP contribution in [0.3, 0.4) is 0 Å². The lowest BCUT2D eigenvalue weighted by molar-refractivity contribution is -0.136. The highest BCUT2D eigenvalue weighted by molar-refractivity contribution is 7.99. The minimum atomic E-state index is -0.782. The molecule has 88 valence electrons. The average Bonchev–Trinajstić information content (AvgIpc) is 2.78. The molecule has 0 aliphatic heterocycles. The molecule has 2 rings (SSSR count). The summed E-state index contributed by atoms with van der Waals surface area (Å²) in [7, 11) is 0. The Bertz CT molecular complexity index is 496. The molecule has 0 aliphatic rings. The maximum Gasteiger partial charge on any atom is 0.304 e. The van der Waals surface area contributed by atoms with Crippen molar-refractivity contribution in [3.63, 3.8) is 0 Å². The van der Waals surface area contributed by atoms with E-state index in [1.807, 2.05) is 41.1 Å². The van der Waals surface area contributed by atoms with Crippen LogP contribution in [0.5, 0.6) is 0 Å². The minimum absolute atomic E-state index is 0.145. The highest BCUT2D eigenvalue weighted by Crippen LogP contribution is 2.20. The number of hydrogen-bond donors (Lipinski definition) is 1. The molecule has 0 amide bonds. The molecule has 1 heterocycles. The van der Waals surface area contributed by atoms with Gasteiger partial charge < -0.3 is 5.11 Å². The summed E-state index contributed by atoms with van der Waals surface area (Å²) < 4.78 is 1.95. The third-order valence-electron chi connectivity index (χ3n) is 2.19. The molecule has 17 heavy (non-hydrogen) atoms. The third-order valence-corrected chi connectivity index (χ3v) is 3.16. The Morgan fingerprint density at radius 2 is 2.12 bits per heavy atom. The topological polar surface area (TPSA) is 55.1 Å². The molecule has 0 bridgehead atoms. The van der Waals surface area contributed by atoms with Gasteiger partial charge in [-0.2, -0.15) is 0 Å². The van der Waals surface area contributed by atoms with Crippen molar-refractivity contribution in [1.82, 2.24) is 9.55 Å². The predicted molar refractivity (Wildman–Crippen MR) is 66.5 cm³/mol. The van der Waals surface area contributed by atoms with Crippen LogP contribution in [0.2, 0.25) is 0 Å². The van der Waals surface area contributed by atoms with E-state index in [1.54, 1.807) is 6.20 Å². The Balaban J connectivity index is 2.10. The van der Waals surface area contributed by atoms with Crippen LogP contribution in [-0.2, 0) is 4.79 Å². The number of benzene rings is 1. The van der Waals surface area contributed by atoms with Gasteiger partial charge in [-0.25, -0.2) is 4.98 Å². The van der Waals surface area contributed by atoms with Crippen molar-refractivity contribution in [2.45, 2.75) is 11.6 Å². The number of carboxylic acid groups (broad SMARTS) is 1. The lowest BCUT2D eigenvalue weighted by atomic mass is 10.3. The summed E-state index contributed by atoms with van der Waals surface area (Å²) in [5.74, 6) is -0.255. The van der Waals surface area contributed by atoms with Gasteiger partial charge in [-0.1, -0.05) is 30.0 Å². The number of aliphatic carboxylic acids is 1. The van der Waals surface area contributed by atoms with Gasteiger partial charge in [0.2, 0.25) is 0 Å². The van der Waals surface area contributed by atoms with Gasteiger partial charge in [0, 0.05) is 23.8 Å². The van der Waals surface area contributed by atoms with E-state index in [0.717, 1.165) is 10.8 Å². The Hall–Kier alpha value is -1.75. The second kappa shape index (κ2) is 5.54. The van der Waals surface area contributed by atoms with Gasteiger partial charge in [-0.15, -0.1) is 0 Å². The summed E-state index contributed by atoms with van der Waals surface area (Å²) in [4.78, 5) is 14.7. The average molecular weight is 248 g/mol. The zero-order valence-corrected chi connectivity index (χ0v) is 9.93. The molecule has 0 unspecified atom stereocenters. The molecule has 0 radical (unpaired) electrons. The third kappa shape index (κ3) is 3.10. The van der Waals surface area contributed by atoms with Crippen molar-refractivity contribution in [3.8, 4) is 5.69 Å². The molecule has 1 N–H and O–H groups in total. The van der Waals surface area contributed by atoms with Crippen molar-refractivity contribution in [3.05, 3.63) is 42.7 Å². The van der Waals surface area contributed by atoms with Crippen molar-refractivity contribution in [2.24, 2.45) is 0 Å². The van der Waals surface area contributed by atoms with E-state index in [1.165, 1.54) is 11.8 Å². The lowest BCUT2D eigenvalue weighted by Crippen LogP contribution is -1.99. The smallest absolute Gasteiger partial charge is 0.304 e. The molecule has 1 aromatic heterocycles. The van der Waals surface area contributed by atoms with Gasteiger partial charge in [-0.3, -0.25) is 9.36 Å². The van der Waals surface area contributed by atoms with E-state index in [4.69, 9.17) is 5.11 Å². The van der Waals surface area contributed by atoms with Crippen molar-refractivity contribution in [1.29, 1.82) is 0 Å².